The van der Waals surface area contributed by atoms with Gasteiger partial charge in [0.2, 0.25) is 0 Å². The highest BCUT2D eigenvalue weighted by Gasteiger charge is 2.37. The molecule has 1 heterocycles. The van der Waals surface area contributed by atoms with Crippen LogP contribution in [0.3, 0.4) is 0 Å². The van der Waals surface area contributed by atoms with Gasteiger partial charge in [0, 0.05) is 29.7 Å². The van der Waals surface area contributed by atoms with Crippen molar-refractivity contribution in [2.24, 2.45) is 0 Å². The zero-order valence-electron chi connectivity index (χ0n) is 15.9. The number of fused-ring (bicyclic) bond motifs is 1. The number of phenolic OH excluding ortho intramolecular Hbond substituents is 6. The Balaban J connectivity index is 1.73. The van der Waals surface area contributed by atoms with Gasteiger partial charge >= 0.3 is 5.97 Å². The predicted octanol–water partition coefficient (Wildman–Crippen LogP) is 2.82. The first-order valence-corrected chi connectivity index (χ1v) is 9.19. The van der Waals surface area contributed by atoms with E-state index in [9.17, 15) is 35.4 Å². The van der Waals surface area contributed by atoms with Crippen LogP contribution in [0.4, 0.5) is 0 Å². The molecule has 0 spiro atoms. The largest absolute Gasteiger partial charge is 0.508 e. The van der Waals surface area contributed by atoms with Crippen molar-refractivity contribution in [3.8, 4) is 40.2 Å². The van der Waals surface area contributed by atoms with Gasteiger partial charge in [0.25, 0.3) is 0 Å². The summed E-state index contributed by atoms with van der Waals surface area (Å²) in [6, 6.07) is 10.1. The second-order valence-corrected chi connectivity index (χ2v) is 7.08. The van der Waals surface area contributed by atoms with Gasteiger partial charge in [0.15, 0.2) is 23.4 Å². The van der Waals surface area contributed by atoms with Gasteiger partial charge < -0.3 is 40.1 Å². The van der Waals surface area contributed by atoms with Gasteiger partial charge in [-0.1, -0.05) is 0 Å². The Labute approximate surface area is 175 Å². The number of hydrogen-bond acceptors (Lipinski definition) is 9. The molecule has 0 aliphatic carbocycles. The topological polar surface area (TPSA) is 157 Å². The summed E-state index contributed by atoms with van der Waals surface area (Å²) in [6.07, 6.45) is -2.06. The maximum atomic E-state index is 12.6. The van der Waals surface area contributed by atoms with Crippen LogP contribution >= 0.6 is 0 Å². The van der Waals surface area contributed by atoms with Crippen molar-refractivity contribution in [3.63, 3.8) is 0 Å². The Kier molecular flexibility index (Phi) is 4.86. The molecule has 0 fully saturated rings. The van der Waals surface area contributed by atoms with Gasteiger partial charge in [-0.3, -0.25) is 0 Å². The molecule has 0 saturated heterocycles. The molecule has 1 aliphatic heterocycles. The molecule has 2 atom stereocenters. The van der Waals surface area contributed by atoms with E-state index in [4.69, 9.17) is 9.47 Å². The van der Waals surface area contributed by atoms with Gasteiger partial charge in [-0.2, -0.15) is 0 Å². The molecule has 3 aromatic rings. The smallest absolute Gasteiger partial charge is 0.338 e. The fraction of sp³-hybridized carbons (Fsp3) is 0.136. The average Bonchev–Trinajstić information content (AvgIpc) is 2.72. The maximum absolute atomic E-state index is 12.6. The Morgan fingerprint density at radius 2 is 1.48 bits per heavy atom. The second kappa shape index (κ2) is 7.52. The van der Waals surface area contributed by atoms with E-state index in [-0.39, 0.29) is 40.5 Å². The molecule has 9 heteroatoms. The maximum Gasteiger partial charge on any atom is 0.338 e. The van der Waals surface area contributed by atoms with Crippen molar-refractivity contribution >= 4 is 5.97 Å². The van der Waals surface area contributed by atoms with E-state index in [1.165, 1.54) is 30.3 Å². The first-order valence-electron chi connectivity index (χ1n) is 9.19. The minimum Gasteiger partial charge on any atom is -0.508 e. The SMILES string of the molecule is O=C(O[C@@H]1Cc2c(O)cc(O)cc2O[C@@H]1c1cc(O)c(O)c(O)c1)c1ccc(O)cc1. The highest BCUT2D eigenvalue weighted by molar-refractivity contribution is 5.89. The third-order valence-corrected chi connectivity index (χ3v) is 4.95. The van der Waals surface area contributed by atoms with E-state index in [1.54, 1.807) is 0 Å². The number of carbonyl (C=O) groups excluding carboxylic acids is 1. The van der Waals surface area contributed by atoms with Crippen LogP contribution in [-0.2, 0) is 11.2 Å². The van der Waals surface area contributed by atoms with E-state index in [0.29, 0.717) is 5.56 Å². The van der Waals surface area contributed by atoms with Crippen molar-refractivity contribution in [1.82, 2.24) is 0 Å². The highest BCUT2D eigenvalue weighted by atomic mass is 16.6. The zero-order valence-corrected chi connectivity index (χ0v) is 15.9. The summed E-state index contributed by atoms with van der Waals surface area (Å²) in [7, 11) is 0. The molecule has 3 aromatic carbocycles. The van der Waals surface area contributed by atoms with E-state index >= 15 is 0 Å². The normalized spacial score (nSPS) is 17.4. The van der Waals surface area contributed by atoms with Crippen molar-refractivity contribution < 1.29 is 44.9 Å². The number of ether oxygens (including phenoxy) is 2. The lowest BCUT2D eigenvalue weighted by molar-refractivity contribution is -0.0188. The van der Waals surface area contributed by atoms with E-state index in [2.05, 4.69) is 0 Å². The molecule has 31 heavy (non-hydrogen) atoms. The number of rotatable bonds is 3. The summed E-state index contributed by atoms with van der Waals surface area (Å²) in [4.78, 5) is 12.6. The molecule has 0 amide bonds. The number of carbonyl (C=O) groups is 1. The van der Waals surface area contributed by atoms with Crippen molar-refractivity contribution in [2.75, 3.05) is 0 Å². The molecule has 0 unspecified atom stereocenters. The van der Waals surface area contributed by atoms with Gasteiger partial charge in [0.05, 0.1) is 5.56 Å². The molecule has 4 rings (SSSR count). The van der Waals surface area contributed by atoms with Crippen LogP contribution in [0.15, 0.2) is 48.5 Å². The lowest BCUT2D eigenvalue weighted by Crippen LogP contribution is -2.34. The second-order valence-electron chi connectivity index (χ2n) is 7.08. The van der Waals surface area contributed by atoms with Gasteiger partial charge in [-0.15, -0.1) is 0 Å². The summed E-state index contributed by atoms with van der Waals surface area (Å²) in [5.74, 6) is -3.05. The van der Waals surface area contributed by atoms with Crippen LogP contribution in [0.2, 0.25) is 0 Å². The van der Waals surface area contributed by atoms with Crippen LogP contribution in [-0.4, -0.2) is 42.7 Å². The molecule has 0 saturated carbocycles. The number of benzene rings is 3. The van der Waals surface area contributed by atoms with E-state index < -0.39 is 35.4 Å². The summed E-state index contributed by atoms with van der Waals surface area (Å²) in [6.45, 7) is 0. The van der Waals surface area contributed by atoms with Crippen molar-refractivity contribution in [2.45, 2.75) is 18.6 Å². The summed E-state index contributed by atoms with van der Waals surface area (Å²) < 4.78 is 11.4. The van der Waals surface area contributed by atoms with Crippen LogP contribution in [0.25, 0.3) is 0 Å². The fourth-order valence-electron chi connectivity index (χ4n) is 3.43. The Morgan fingerprint density at radius 1 is 0.839 bits per heavy atom. The molecule has 6 N–H and O–H groups in total. The van der Waals surface area contributed by atoms with Gasteiger partial charge in [-0.25, -0.2) is 4.79 Å². The molecule has 9 nitrogen and oxygen atoms in total. The summed E-state index contributed by atoms with van der Waals surface area (Å²) in [5, 5.41) is 58.8. The first kappa shape index (κ1) is 20.0. The minimum absolute atomic E-state index is 0.00165. The first-order chi connectivity index (χ1) is 14.7. The van der Waals surface area contributed by atoms with Crippen molar-refractivity contribution in [1.29, 1.82) is 0 Å². The summed E-state index contributed by atoms with van der Waals surface area (Å²) in [5.41, 5.74) is 0.642. The minimum atomic E-state index is -1.05. The van der Waals surface area contributed by atoms with Crippen LogP contribution in [0.1, 0.15) is 27.6 Å². The molecule has 0 aromatic heterocycles. The number of hydrogen-bond donors (Lipinski definition) is 6. The third kappa shape index (κ3) is 3.80. The van der Waals surface area contributed by atoms with E-state index in [1.807, 2.05) is 0 Å². The van der Waals surface area contributed by atoms with Crippen LogP contribution in [0.5, 0.6) is 40.2 Å². The zero-order chi connectivity index (χ0) is 22.3. The standard InChI is InChI=1S/C22H18O9/c23-12-3-1-10(2-4-12)22(29)31-19-9-14-15(25)7-13(24)8-18(14)30-21(19)11-5-16(26)20(28)17(27)6-11/h1-8,19,21,23-28H,9H2/t19-,21-/m1/s1. The van der Waals surface area contributed by atoms with Crippen molar-refractivity contribution in [3.05, 3.63) is 65.2 Å². The van der Waals surface area contributed by atoms with Crippen LogP contribution in [0, 0.1) is 0 Å². The number of esters is 1. The molecular weight excluding hydrogens is 408 g/mol. The number of phenols is 6. The molecule has 160 valence electrons. The Morgan fingerprint density at radius 3 is 2.13 bits per heavy atom. The molecular formula is C22H18O9. The molecule has 0 radical (unpaired) electrons. The molecule has 1 aliphatic rings. The fourth-order valence-corrected chi connectivity index (χ4v) is 3.43. The van der Waals surface area contributed by atoms with Crippen LogP contribution < -0.4 is 4.74 Å². The lowest BCUT2D eigenvalue weighted by Gasteiger charge is -2.34. The van der Waals surface area contributed by atoms with Gasteiger partial charge in [0.1, 0.15) is 29.1 Å². The lowest BCUT2D eigenvalue weighted by atomic mass is 9.93. The average molecular weight is 426 g/mol. The highest BCUT2D eigenvalue weighted by Crippen LogP contribution is 2.45. The summed E-state index contributed by atoms with van der Waals surface area (Å²) >= 11 is 0. The Bertz CT molecular complexity index is 1130. The molecule has 0 bridgehead atoms. The Hall–Kier alpha value is -4.27. The van der Waals surface area contributed by atoms with Gasteiger partial charge in [-0.05, 0) is 36.4 Å². The quantitative estimate of drug-likeness (QED) is 0.274. The third-order valence-electron chi connectivity index (χ3n) is 4.95. The predicted molar refractivity (Wildman–Crippen MR) is 106 cm³/mol. The number of aromatic hydroxyl groups is 6. The monoisotopic (exact) mass is 426 g/mol. The van der Waals surface area contributed by atoms with E-state index in [0.717, 1.165) is 18.2 Å².